The molecule has 2 aliphatic heterocycles. The Morgan fingerprint density at radius 3 is 2.61 bits per heavy atom. The van der Waals surface area contributed by atoms with Crippen LogP contribution in [0.25, 0.3) is 11.1 Å². The number of hydrogen-bond acceptors (Lipinski definition) is 5. The van der Waals surface area contributed by atoms with Crippen molar-refractivity contribution in [1.82, 2.24) is 25.3 Å². The van der Waals surface area contributed by atoms with E-state index in [4.69, 9.17) is 0 Å². The molecule has 9 nitrogen and oxygen atoms in total. The summed E-state index contributed by atoms with van der Waals surface area (Å²) in [7, 11) is 3.82. The van der Waals surface area contributed by atoms with E-state index in [2.05, 4.69) is 27.5 Å². The first kappa shape index (κ1) is 25.7. The second-order valence-electron chi connectivity index (χ2n) is 10.4. The molecule has 1 saturated heterocycles. The first-order valence-corrected chi connectivity index (χ1v) is 13.1. The fourth-order valence-corrected chi connectivity index (χ4v) is 5.26. The quantitative estimate of drug-likeness (QED) is 0.526. The number of nitrogens with one attached hydrogen (secondary N) is 2. The van der Waals surface area contributed by atoms with E-state index in [1.165, 1.54) is 0 Å². The Hall–Kier alpha value is -3.98. The highest BCUT2D eigenvalue weighted by Crippen LogP contribution is 2.32. The molecule has 3 heterocycles. The fraction of sp³-hybridized carbons (Fsp3) is 0.379. The van der Waals surface area contributed by atoms with Crippen molar-refractivity contribution < 1.29 is 14.4 Å². The SMILES string of the molecule is C[C@@H]1C(=O)N(C)c2cc(-c3cn[nH]c3)ccc2C(=O)N1Cc1cccc(C(=O)NCC2CCN(C)CC2)c1. The number of aromatic nitrogens is 2. The van der Waals surface area contributed by atoms with Gasteiger partial charge in [0.15, 0.2) is 0 Å². The minimum atomic E-state index is -0.667. The molecule has 9 heteroatoms. The third-order valence-corrected chi connectivity index (χ3v) is 7.77. The molecule has 5 rings (SSSR count). The highest BCUT2D eigenvalue weighted by molar-refractivity contribution is 6.11. The number of H-pyrrole nitrogens is 1. The second-order valence-corrected chi connectivity index (χ2v) is 10.4. The summed E-state index contributed by atoms with van der Waals surface area (Å²) in [6.07, 6.45) is 5.64. The number of amides is 3. The molecule has 0 unspecified atom stereocenters. The van der Waals surface area contributed by atoms with E-state index in [0.29, 0.717) is 29.3 Å². The topological polar surface area (TPSA) is 102 Å². The predicted octanol–water partition coefficient (Wildman–Crippen LogP) is 3.16. The van der Waals surface area contributed by atoms with Crippen LogP contribution in [0.3, 0.4) is 0 Å². The normalized spacial score (nSPS) is 18.9. The Balaban J connectivity index is 1.33. The summed E-state index contributed by atoms with van der Waals surface area (Å²) in [6, 6.07) is 12.1. The van der Waals surface area contributed by atoms with Crippen LogP contribution in [-0.2, 0) is 11.3 Å². The third-order valence-electron chi connectivity index (χ3n) is 7.77. The van der Waals surface area contributed by atoms with Crippen LogP contribution in [-0.4, -0.2) is 77.5 Å². The number of aromatic amines is 1. The number of carbonyl (C=O) groups excluding carboxylic acids is 3. The molecule has 1 aromatic heterocycles. The molecule has 198 valence electrons. The number of benzene rings is 2. The Kier molecular flexibility index (Phi) is 7.28. The van der Waals surface area contributed by atoms with Gasteiger partial charge in [-0.25, -0.2) is 0 Å². The maximum Gasteiger partial charge on any atom is 0.256 e. The van der Waals surface area contributed by atoms with E-state index in [-0.39, 0.29) is 24.3 Å². The maximum atomic E-state index is 13.7. The van der Waals surface area contributed by atoms with Gasteiger partial charge in [-0.1, -0.05) is 18.2 Å². The van der Waals surface area contributed by atoms with E-state index in [1.54, 1.807) is 48.3 Å². The molecule has 3 amide bonds. The van der Waals surface area contributed by atoms with Crippen LogP contribution >= 0.6 is 0 Å². The smallest absolute Gasteiger partial charge is 0.256 e. The van der Waals surface area contributed by atoms with Gasteiger partial charge in [-0.15, -0.1) is 0 Å². The second kappa shape index (κ2) is 10.8. The highest BCUT2D eigenvalue weighted by Gasteiger charge is 2.36. The minimum Gasteiger partial charge on any atom is -0.352 e. The van der Waals surface area contributed by atoms with Gasteiger partial charge in [0.2, 0.25) is 5.91 Å². The summed E-state index contributed by atoms with van der Waals surface area (Å²) < 4.78 is 0. The van der Waals surface area contributed by atoms with Gasteiger partial charge in [-0.3, -0.25) is 19.5 Å². The summed E-state index contributed by atoms with van der Waals surface area (Å²) >= 11 is 0. The Morgan fingerprint density at radius 2 is 1.87 bits per heavy atom. The number of likely N-dealkylation sites (tertiary alicyclic amines) is 1. The molecule has 2 N–H and O–H groups in total. The van der Waals surface area contributed by atoms with E-state index in [1.807, 2.05) is 30.3 Å². The van der Waals surface area contributed by atoms with Crippen LogP contribution in [0.5, 0.6) is 0 Å². The lowest BCUT2D eigenvalue weighted by Crippen LogP contribution is -2.45. The van der Waals surface area contributed by atoms with Gasteiger partial charge < -0.3 is 20.0 Å². The molecular weight excluding hydrogens is 480 g/mol. The third kappa shape index (κ3) is 5.19. The first-order chi connectivity index (χ1) is 18.3. The number of piperidine rings is 1. The largest absolute Gasteiger partial charge is 0.352 e. The summed E-state index contributed by atoms with van der Waals surface area (Å²) in [4.78, 5) is 45.4. The van der Waals surface area contributed by atoms with Crippen LogP contribution < -0.4 is 10.2 Å². The number of anilines is 1. The fourth-order valence-electron chi connectivity index (χ4n) is 5.26. The van der Waals surface area contributed by atoms with Gasteiger partial charge in [0.25, 0.3) is 11.8 Å². The van der Waals surface area contributed by atoms with E-state index < -0.39 is 6.04 Å². The summed E-state index contributed by atoms with van der Waals surface area (Å²) in [5.74, 6) is -0.0190. The average Bonchev–Trinajstić information content (AvgIpc) is 3.47. The van der Waals surface area contributed by atoms with Crippen LogP contribution in [0.15, 0.2) is 54.9 Å². The van der Waals surface area contributed by atoms with Crippen molar-refractivity contribution in [3.63, 3.8) is 0 Å². The summed E-state index contributed by atoms with van der Waals surface area (Å²) in [5, 5.41) is 9.87. The number of fused-ring (bicyclic) bond motifs is 1. The molecule has 2 aliphatic rings. The zero-order valence-electron chi connectivity index (χ0n) is 22.1. The molecule has 0 saturated carbocycles. The minimum absolute atomic E-state index is 0.117. The lowest BCUT2D eigenvalue weighted by atomic mass is 9.97. The van der Waals surface area contributed by atoms with Crippen LogP contribution in [0.4, 0.5) is 5.69 Å². The highest BCUT2D eigenvalue weighted by atomic mass is 16.2. The first-order valence-electron chi connectivity index (χ1n) is 13.1. The van der Waals surface area contributed by atoms with Crippen molar-refractivity contribution in [3.05, 3.63) is 71.5 Å². The molecule has 0 radical (unpaired) electrons. The number of rotatable bonds is 6. The van der Waals surface area contributed by atoms with Gasteiger partial charge in [-0.2, -0.15) is 5.10 Å². The van der Waals surface area contributed by atoms with Gasteiger partial charge in [0.1, 0.15) is 6.04 Å². The summed E-state index contributed by atoms with van der Waals surface area (Å²) in [5.41, 5.74) is 4.12. The van der Waals surface area contributed by atoms with Crippen molar-refractivity contribution in [2.75, 3.05) is 38.6 Å². The van der Waals surface area contributed by atoms with Gasteiger partial charge in [-0.05, 0) is 81.2 Å². The molecule has 38 heavy (non-hydrogen) atoms. The molecule has 0 bridgehead atoms. The van der Waals surface area contributed by atoms with Gasteiger partial charge in [0, 0.05) is 37.5 Å². The zero-order valence-corrected chi connectivity index (χ0v) is 22.1. The van der Waals surface area contributed by atoms with Crippen molar-refractivity contribution in [3.8, 4) is 11.1 Å². The molecule has 1 fully saturated rings. The van der Waals surface area contributed by atoms with Crippen molar-refractivity contribution >= 4 is 23.4 Å². The molecule has 3 aromatic rings. The Bertz CT molecular complexity index is 1330. The van der Waals surface area contributed by atoms with Crippen LogP contribution in [0, 0.1) is 5.92 Å². The van der Waals surface area contributed by atoms with Crippen LogP contribution in [0.2, 0.25) is 0 Å². The zero-order chi connectivity index (χ0) is 26.8. The lowest BCUT2D eigenvalue weighted by molar-refractivity contribution is -0.122. The molecule has 0 aliphatic carbocycles. The number of likely N-dealkylation sites (N-methyl/N-ethyl adjacent to an activating group) is 1. The van der Waals surface area contributed by atoms with E-state index in [9.17, 15) is 14.4 Å². The predicted molar refractivity (Wildman–Crippen MR) is 146 cm³/mol. The Morgan fingerprint density at radius 1 is 1.08 bits per heavy atom. The van der Waals surface area contributed by atoms with Crippen LogP contribution in [0.1, 0.15) is 46.0 Å². The van der Waals surface area contributed by atoms with E-state index in [0.717, 1.165) is 42.6 Å². The Labute approximate surface area is 222 Å². The molecular formula is C29H34N6O3. The standard InChI is InChI=1S/C29H34N6O3/c1-19-28(37)34(3)26-14-22(24-16-31-32-17-24)7-8-25(26)29(38)35(19)18-21-5-4-6-23(13-21)27(36)30-15-20-9-11-33(2)12-10-20/h4-8,13-14,16-17,19-20H,9-12,15,18H2,1-3H3,(H,30,36)(H,31,32)/t19-/m1/s1. The number of nitrogens with zero attached hydrogens (tertiary/aromatic N) is 4. The lowest BCUT2D eigenvalue weighted by Gasteiger charge is -2.29. The monoisotopic (exact) mass is 514 g/mol. The van der Waals surface area contributed by atoms with Gasteiger partial charge >= 0.3 is 0 Å². The van der Waals surface area contributed by atoms with Crippen molar-refractivity contribution in [2.45, 2.75) is 32.4 Å². The molecule has 1 atom stereocenters. The van der Waals surface area contributed by atoms with Crippen molar-refractivity contribution in [2.24, 2.45) is 5.92 Å². The molecule has 0 spiro atoms. The summed E-state index contributed by atoms with van der Waals surface area (Å²) in [6.45, 7) is 4.74. The average molecular weight is 515 g/mol. The van der Waals surface area contributed by atoms with Crippen molar-refractivity contribution in [1.29, 1.82) is 0 Å². The maximum absolute atomic E-state index is 13.7. The van der Waals surface area contributed by atoms with Gasteiger partial charge in [0.05, 0.1) is 17.4 Å². The number of hydrogen-bond donors (Lipinski definition) is 2. The van der Waals surface area contributed by atoms with E-state index >= 15 is 0 Å². The molecule has 2 aromatic carbocycles. The number of carbonyl (C=O) groups is 3.